The smallest absolute Gasteiger partial charge is 0.187 e. The van der Waals surface area contributed by atoms with Gasteiger partial charge in [-0.1, -0.05) is 166 Å². The molecule has 2 aromatic carbocycles. The van der Waals surface area contributed by atoms with Crippen molar-refractivity contribution in [1.82, 2.24) is 0 Å². The highest BCUT2D eigenvalue weighted by molar-refractivity contribution is 5.83. The van der Waals surface area contributed by atoms with Crippen LogP contribution >= 0.6 is 0 Å². The third-order valence-corrected chi connectivity index (χ3v) is 9.17. The van der Waals surface area contributed by atoms with Gasteiger partial charge in [0.2, 0.25) is 0 Å². The third-order valence-electron chi connectivity index (χ3n) is 9.17. The van der Waals surface area contributed by atoms with E-state index >= 15 is 0 Å². The number of aryl methyl sites for hydroxylation is 2. The molecule has 0 aliphatic rings. The van der Waals surface area contributed by atoms with Crippen molar-refractivity contribution in [2.24, 2.45) is 0 Å². The van der Waals surface area contributed by atoms with Gasteiger partial charge in [0.15, 0.2) is 23.8 Å². The Morgan fingerprint density at radius 3 is 1.04 bits per heavy atom. The number of pyridine rings is 2. The number of rotatable bonds is 22. The third kappa shape index (κ3) is 17.3. The summed E-state index contributed by atoms with van der Waals surface area (Å²) >= 11 is 0. The van der Waals surface area contributed by atoms with Crippen LogP contribution in [0.3, 0.4) is 0 Å². The van der Waals surface area contributed by atoms with E-state index in [1.165, 1.54) is 174 Å². The van der Waals surface area contributed by atoms with Crippen molar-refractivity contribution in [3.8, 4) is 0 Å². The number of hydrogen-bond acceptors (Lipinski definition) is 0. The van der Waals surface area contributed by atoms with Crippen LogP contribution in [0.4, 0.5) is 0 Å². The van der Waals surface area contributed by atoms with Crippen LogP contribution in [-0.2, 0) is 12.8 Å². The van der Waals surface area contributed by atoms with Crippen molar-refractivity contribution in [2.45, 2.75) is 155 Å². The molecule has 256 valence electrons. The Bertz CT molecular complexity index is 1170. The number of aromatic nitrogens is 2. The van der Waals surface area contributed by atoms with E-state index in [1.54, 1.807) is 0 Å². The number of hydrogen-bond donors (Lipinski definition) is 0. The Morgan fingerprint density at radius 2 is 0.696 bits per heavy atom. The second-order valence-corrected chi connectivity index (χ2v) is 13.0. The first-order chi connectivity index (χ1) is 21.8. The summed E-state index contributed by atoms with van der Waals surface area (Å²) in [4.78, 5) is 6.88. The molecule has 4 rings (SSSR count). The molecule has 0 unspecified atom stereocenters. The predicted octanol–water partition coefficient (Wildman–Crippen LogP) is 6.24. The van der Waals surface area contributed by atoms with E-state index in [0.717, 1.165) is 0 Å². The van der Waals surface area contributed by atoms with Crippen molar-refractivity contribution in [2.75, 3.05) is 0 Å². The summed E-state index contributed by atoms with van der Waals surface area (Å²) in [5.41, 5.74) is 2.80. The summed E-state index contributed by atoms with van der Waals surface area (Å²) in [6.45, 7) is 4.57. The largest absolute Gasteiger partial charge is 1.00 e. The normalized spacial score (nSPS) is 10.7. The first kappa shape index (κ1) is 42.1. The number of aromatic amines is 2. The van der Waals surface area contributed by atoms with Crippen molar-refractivity contribution in [3.05, 3.63) is 84.4 Å². The number of benzene rings is 2. The molecule has 0 amide bonds. The van der Waals surface area contributed by atoms with Crippen LogP contribution in [0.5, 0.6) is 0 Å². The minimum Gasteiger partial charge on any atom is -1.00 e. The van der Waals surface area contributed by atoms with Gasteiger partial charge in [0.05, 0.1) is 0 Å². The number of nitrogens with one attached hydrogen (secondary N) is 2. The maximum atomic E-state index is 3.44. The highest BCUT2D eigenvalue weighted by atomic mass is 79.9. The molecule has 2 heterocycles. The number of fused-ring (bicyclic) bond motifs is 2. The van der Waals surface area contributed by atoms with Gasteiger partial charge in [0.25, 0.3) is 0 Å². The summed E-state index contributed by atoms with van der Waals surface area (Å²) in [7, 11) is 0. The summed E-state index contributed by atoms with van der Waals surface area (Å²) in [5, 5.41) is 5.48. The van der Waals surface area contributed by atoms with Crippen LogP contribution in [0.15, 0.2) is 73.1 Å². The highest BCUT2D eigenvalue weighted by Gasteiger charge is 2.08. The molecule has 0 aliphatic carbocycles. The van der Waals surface area contributed by atoms with Gasteiger partial charge in [0, 0.05) is 35.7 Å². The number of H-pyrrole nitrogens is 2. The Hall–Kier alpha value is -1.97. The fourth-order valence-corrected chi connectivity index (χ4v) is 6.45. The quantitative estimate of drug-likeness (QED) is 0.0865. The number of unbranched alkanes of at least 4 members (excludes halogenated alkanes) is 18. The van der Waals surface area contributed by atoms with E-state index in [-0.39, 0.29) is 29.4 Å². The van der Waals surface area contributed by atoms with Gasteiger partial charge in [-0.2, -0.15) is 0 Å². The average Bonchev–Trinajstić information content (AvgIpc) is 3.07. The van der Waals surface area contributed by atoms with E-state index in [1.807, 2.05) is 0 Å². The minimum absolute atomic E-state index is 0. The molecular weight excluding hydrogens is 648 g/mol. The second kappa shape index (κ2) is 28.1. The molecule has 0 saturated carbocycles. The van der Waals surface area contributed by atoms with Crippen LogP contribution in [0.1, 0.15) is 154 Å². The Kier molecular flexibility index (Phi) is 25.7. The van der Waals surface area contributed by atoms with Crippen LogP contribution < -0.4 is 39.4 Å². The first-order valence-electron chi connectivity index (χ1n) is 18.6. The van der Waals surface area contributed by atoms with E-state index in [9.17, 15) is 0 Å². The molecular formula is C42H64BrClN2. The van der Waals surface area contributed by atoms with Crippen LogP contribution in [0, 0.1) is 0 Å². The minimum atomic E-state index is 0. The molecule has 4 heteroatoms. The average molecular weight is 712 g/mol. The molecule has 2 N–H and O–H groups in total. The van der Waals surface area contributed by atoms with Gasteiger partial charge in [-0.25, -0.2) is 9.97 Å². The molecule has 0 atom stereocenters. The zero-order valence-corrected chi connectivity index (χ0v) is 31.6. The van der Waals surface area contributed by atoms with E-state index in [2.05, 4.69) is 96.9 Å². The lowest BCUT2D eigenvalue weighted by molar-refractivity contribution is -0.388. The lowest BCUT2D eigenvalue weighted by Crippen LogP contribution is -3.00. The molecule has 46 heavy (non-hydrogen) atoms. The molecule has 2 aromatic heterocycles. The van der Waals surface area contributed by atoms with Gasteiger partial charge < -0.3 is 29.4 Å². The predicted molar refractivity (Wildman–Crippen MR) is 192 cm³/mol. The monoisotopic (exact) mass is 710 g/mol. The molecule has 2 nitrogen and oxygen atoms in total. The zero-order valence-electron chi connectivity index (χ0n) is 29.2. The summed E-state index contributed by atoms with van der Waals surface area (Å²) in [5.74, 6) is 0. The molecule has 0 fully saturated rings. The number of halogens is 2. The molecule has 0 aliphatic heterocycles. The molecule has 0 spiro atoms. The van der Waals surface area contributed by atoms with Gasteiger partial charge in [0.1, 0.15) is 0 Å². The van der Waals surface area contributed by atoms with Gasteiger partial charge in [-0.3, -0.25) is 0 Å². The van der Waals surface area contributed by atoms with E-state index in [4.69, 9.17) is 0 Å². The lowest BCUT2D eigenvalue weighted by Gasteiger charge is -2.02. The van der Waals surface area contributed by atoms with Gasteiger partial charge >= 0.3 is 0 Å². The summed E-state index contributed by atoms with van der Waals surface area (Å²) < 4.78 is 0. The van der Waals surface area contributed by atoms with Crippen LogP contribution in [-0.4, -0.2) is 0 Å². The molecule has 4 aromatic rings. The van der Waals surface area contributed by atoms with Crippen LogP contribution in [0.2, 0.25) is 0 Å². The van der Waals surface area contributed by atoms with E-state index < -0.39 is 0 Å². The molecule has 0 saturated heterocycles. The lowest BCUT2D eigenvalue weighted by atomic mass is 10.0. The van der Waals surface area contributed by atoms with Crippen LogP contribution in [0.25, 0.3) is 21.5 Å². The maximum Gasteiger partial charge on any atom is 0.187 e. The van der Waals surface area contributed by atoms with Crippen molar-refractivity contribution in [1.29, 1.82) is 0 Å². The zero-order chi connectivity index (χ0) is 30.9. The maximum absolute atomic E-state index is 3.44. The summed E-state index contributed by atoms with van der Waals surface area (Å²) in [6.07, 6.45) is 34.6. The fraction of sp³-hybridized carbons (Fsp3) is 0.571. The molecule has 0 radical (unpaired) electrons. The van der Waals surface area contributed by atoms with Crippen molar-refractivity contribution >= 4 is 21.5 Å². The fourth-order valence-electron chi connectivity index (χ4n) is 6.45. The summed E-state index contributed by atoms with van der Waals surface area (Å²) in [6, 6.07) is 21.7. The molecule has 0 bridgehead atoms. The van der Waals surface area contributed by atoms with Crippen molar-refractivity contribution < 1.29 is 39.4 Å². The standard InChI is InChI=1S/2C21H31N.BrH.ClH/c2*1-2-3-4-5-6-7-8-9-10-11-16-21-20-15-13-12-14-19(20)17-18-22-21;;/h2*12-15,17-18H,2-11,16H2,1H3;2*1H. The van der Waals surface area contributed by atoms with E-state index in [0.29, 0.717) is 0 Å². The Morgan fingerprint density at radius 1 is 0.391 bits per heavy atom. The SMILES string of the molecule is CCCCCCCCCCCCc1[nH+]ccc2ccccc12.CCCCCCCCCCCCc1[nH+]ccc2ccccc12.[Br-].[Cl-]. The van der Waals surface area contributed by atoms with Crippen molar-refractivity contribution in [3.63, 3.8) is 0 Å². The second-order valence-electron chi connectivity index (χ2n) is 13.0. The Labute approximate surface area is 299 Å². The van der Waals surface area contributed by atoms with Gasteiger partial charge in [-0.05, 0) is 35.7 Å². The highest BCUT2D eigenvalue weighted by Crippen LogP contribution is 2.19. The first-order valence-corrected chi connectivity index (χ1v) is 18.6. The Balaban J connectivity index is 0.000000441. The topological polar surface area (TPSA) is 28.3 Å². The van der Waals surface area contributed by atoms with Gasteiger partial charge in [-0.15, -0.1) is 0 Å².